The van der Waals surface area contributed by atoms with E-state index in [4.69, 9.17) is 22.8 Å². The molecule has 0 amide bonds. The Morgan fingerprint density at radius 2 is 1.88 bits per heavy atom. The molecule has 26 heavy (non-hydrogen) atoms. The van der Waals surface area contributed by atoms with Crippen molar-refractivity contribution in [1.29, 1.82) is 0 Å². The van der Waals surface area contributed by atoms with Crippen LogP contribution in [0, 0.1) is 12.3 Å². The summed E-state index contributed by atoms with van der Waals surface area (Å²) in [4.78, 5) is 12.6. The summed E-state index contributed by atoms with van der Waals surface area (Å²) in [5.74, 6) is 1.71. The van der Waals surface area contributed by atoms with E-state index >= 15 is 0 Å². The van der Waals surface area contributed by atoms with Crippen molar-refractivity contribution in [2.24, 2.45) is 0 Å². The minimum atomic E-state index is -0.877. The van der Waals surface area contributed by atoms with Crippen molar-refractivity contribution in [3.8, 4) is 12.3 Å². The van der Waals surface area contributed by atoms with Crippen molar-refractivity contribution >= 4 is 33.5 Å². The molecule has 0 saturated carbocycles. The van der Waals surface area contributed by atoms with Gasteiger partial charge in [0.15, 0.2) is 6.10 Å². The number of esters is 1. The summed E-state index contributed by atoms with van der Waals surface area (Å²) in [6, 6.07) is 17.5. The van der Waals surface area contributed by atoms with E-state index < -0.39 is 6.10 Å². The molecule has 2 aromatic rings. The average molecular weight is 432 g/mol. The fourth-order valence-electron chi connectivity index (χ4n) is 2.54. The van der Waals surface area contributed by atoms with Crippen LogP contribution in [0.2, 0.25) is 0 Å². The highest BCUT2D eigenvalue weighted by atomic mass is 79.9. The first-order valence-corrected chi connectivity index (χ1v) is 9.53. The summed E-state index contributed by atoms with van der Waals surface area (Å²) < 4.78 is 6.46. The maximum absolute atomic E-state index is 12.6. The van der Waals surface area contributed by atoms with Crippen LogP contribution in [0.5, 0.6) is 0 Å². The summed E-state index contributed by atoms with van der Waals surface area (Å²) in [6.07, 6.45) is 7.68. The second-order valence-corrected chi connectivity index (χ2v) is 7.13. The molecule has 0 saturated heterocycles. The third-order valence-corrected chi connectivity index (χ3v) is 4.86. The molecule has 0 aliphatic heterocycles. The quantitative estimate of drug-likeness (QED) is 0.406. The Morgan fingerprint density at radius 1 is 1.23 bits per heavy atom. The molecule has 2 rings (SSSR count). The van der Waals surface area contributed by atoms with Crippen molar-refractivity contribution in [3.63, 3.8) is 0 Å². The summed E-state index contributed by atoms with van der Waals surface area (Å²) >= 11 is 9.68. The second-order valence-electron chi connectivity index (χ2n) is 5.77. The maximum atomic E-state index is 12.6. The average Bonchev–Trinajstić information content (AvgIpc) is 2.67. The SMILES string of the molecule is C#CC(OC(=O)C(CC)c1ccc(Br)cc1)/C(Cl)=C/Cc1ccccc1. The number of ether oxygens (including phenoxy) is 1. The first-order chi connectivity index (χ1) is 12.5. The highest BCUT2D eigenvalue weighted by Crippen LogP contribution is 2.25. The molecular weight excluding hydrogens is 412 g/mol. The number of terminal acetylenes is 1. The Morgan fingerprint density at radius 3 is 2.46 bits per heavy atom. The smallest absolute Gasteiger partial charge is 0.315 e. The molecule has 0 fully saturated rings. The molecule has 2 unspecified atom stereocenters. The summed E-state index contributed by atoms with van der Waals surface area (Å²) in [5.41, 5.74) is 2.00. The maximum Gasteiger partial charge on any atom is 0.315 e. The zero-order chi connectivity index (χ0) is 18.9. The van der Waals surface area contributed by atoms with E-state index in [1.165, 1.54) is 0 Å². The van der Waals surface area contributed by atoms with Crippen molar-refractivity contribution in [1.82, 2.24) is 0 Å². The van der Waals surface area contributed by atoms with Crippen LogP contribution in [-0.2, 0) is 16.0 Å². The minimum Gasteiger partial charge on any atom is -0.443 e. The number of carbonyl (C=O) groups is 1. The minimum absolute atomic E-state index is 0.343. The largest absolute Gasteiger partial charge is 0.443 e. The van der Waals surface area contributed by atoms with Crippen LogP contribution in [0.15, 0.2) is 70.2 Å². The Kier molecular flexibility index (Phi) is 7.97. The lowest BCUT2D eigenvalue weighted by Gasteiger charge is -2.18. The fourth-order valence-corrected chi connectivity index (χ4v) is 2.99. The first-order valence-electron chi connectivity index (χ1n) is 8.36. The molecule has 0 N–H and O–H groups in total. The number of hydrogen-bond acceptors (Lipinski definition) is 2. The Labute approximate surface area is 168 Å². The summed E-state index contributed by atoms with van der Waals surface area (Å²) in [6.45, 7) is 1.94. The fraction of sp³-hybridized carbons (Fsp3) is 0.227. The molecule has 134 valence electrons. The highest BCUT2D eigenvalue weighted by molar-refractivity contribution is 9.10. The zero-order valence-corrected chi connectivity index (χ0v) is 16.8. The van der Waals surface area contributed by atoms with Gasteiger partial charge in [-0.3, -0.25) is 4.79 Å². The van der Waals surface area contributed by atoms with Gasteiger partial charge in [0.05, 0.1) is 11.0 Å². The van der Waals surface area contributed by atoms with Gasteiger partial charge in [0.1, 0.15) is 0 Å². The lowest BCUT2D eigenvalue weighted by atomic mass is 9.97. The third-order valence-electron chi connectivity index (χ3n) is 3.98. The van der Waals surface area contributed by atoms with Gasteiger partial charge in [0.25, 0.3) is 0 Å². The first kappa shape index (κ1) is 20.3. The van der Waals surface area contributed by atoms with Gasteiger partial charge in [0.2, 0.25) is 0 Å². The van der Waals surface area contributed by atoms with E-state index in [2.05, 4.69) is 21.9 Å². The van der Waals surface area contributed by atoms with Crippen molar-refractivity contribution < 1.29 is 9.53 Å². The second kappa shape index (κ2) is 10.2. The van der Waals surface area contributed by atoms with E-state index in [0.29, 0.717) is 17.9 Å². The Balaban J connectivity index is 2.06. The van der Waals surface area contributed by atoms with E-state index in [9.17, 15) is 4.79 Å². The topological polar surface area (TPSA) is 26.3 Å². The standard InChI is InChI=1S/C22H20BrClO2/c1-3-19(17-11-13-18(23)14-12-17)22(25)26-21(4-2)20(24)15-10-16-8-6-5-7-9-16/h2,5-9,11-15,19,21H,3,10H2,1H3/b20-15-. The van der Waals surface area contributed by atoms with Gasteiger partial charge < -0.3 is 4.74 Å². The van der Waals surface area contributed by atoms with Crippen LogP contribution < -0.4 is 0 Å². The van der Waals surface area contributed by atoms with Gasteiger partial charge >= 0.3 is 5.97 Å². The zero-order valence-electron chi connectivity index (χ0n) is 14.5. The van der Waals surface area contributed by atoms with E-state index in [-0.39, 0.29) is 11.9 Å². The van der Waals surface area contributed by atoms with Gasteiger partial charge in [-0.1, -0.05) is 88.9 Å². The molecule has 2 nitrogen and oxygen atoms in total. The molecule has 0 aromatic heterocycles. The predicted molar refractivity (Wildman–Crippen MR) is 110 cm³/mol. The molecule has 2 atom stereocenters. The van der Waals surface area contributed by atoms with Gasteiger partial charge in [-0.05, 0) is 36.1 Å². The molecular formula is C22H20BrClO2. The van der Waals surface area contributed by atoms with Gasteiger partial charge in [-0.15, -0.1) is 6.42 Å². The van der Waals surface area contributed by atoms with Crippen LogP contribution in [-0.4, -0.2) is 12.1 Å². The van der Waals surface area contributed by atoms with Crippen LogP contribution in [0.4, 0.5) is 0 Å². The number of rotatable bonds is 7. The third kappa shape index (κ3) is 5.76. The van der Waals surface area contributed by atoms with Gasteiger partial charge in [-0.2, -0.15) is 0 Å². The number of benzene rings is 2. The molecule has 2 aromatic carbocycles. The molecule has 0 bridgehead atoms. The van der Waals surface area contributed by atoms with Crippen molar-refractivity contribution in [2.75, 3.05) is 0 Å². The van der Waals surface area contributed by atoms with Gasteiger partial charge in [-0.25, -0.2) is 0 Å². The molecule has 0 heterocycles. The monoisotopic (exact) mass is 430 g/mol. The van der Waals surface area contributed by atoms with Crippen molar-refractivity contribution in [3.05, 3.63) is 81.3 Å². The molecule has 0 aliphatic carbocycles. The lowest BCUT2D eigenvalue weighted by Crippen LogP contribution is -2.22. The molecule has 4 heteroatoms. The van der Waals surface area contributed by atoms with Crippen LogP contribution in [0.25, 0.3) is 0 Å². The van der Waals surface area contributed by atoms with Crippen LogP contribution >= 0.6 is 27.5 Å². The number of halogens is 2. The van der Waals surface area contributed by atoms with Gasteiger partial charge in [0, 0.05) is 4.47 Å². The lowest BCUT2D eigenvalue weighted by molar-refractivity contribution is -0.146. The summed E-state index contributed by atoms with van der Waals surface area (Å²) in [7, 11) is 0. The van der Waals surface area contributed by atoms with E-state index in [0.717, 1.165) is 15.6 Å². The summed E-state index contributed by atoms with van der Waals surface area (Å²) in [5, 5.41) is 0.343. The Bertz CT molecular complexity index is 791. The predicted octanol–water partition coefficient (Wildman–Crippen LogP) is 5.85. The number of hydrogen-bond donors (Lipinski definition) is 0. The van der Waals surface area contributed by atoms with Crippen LogP contribution in [0.3, 0.4) is 0 Å². The molecule has 0 aliphatic rings. The molecule has 0 spiro atoms. The van der Waals surface area contributed by atoms with Crippen LogP contribution in [0.1, 0.15) is 30.4 Å². The highest BCUT2D eigenvalue weighted by Gasteiger charge is 2.24. The van der Waals surface area contributed by atoms with E-state index in [1.807, 2.05) is 61.5 Å². The normalized spacial score (nSPS) is 13.5. The number of carbonyl (C=O) groups excluding carboxylic acids is 1. The Hall–Kier alpha value is -2.02. The number of allylic oxidation sites excluding steroid dienone is 1. The molecule has 0 radical (unpaired) electrons. The van der Waals surface area contributed by atoms with Crippen molar-refractivity contribution in [2.45, 2.75) is 31.8 Å². The van der Waals surface area contributed by atoms with E-state index in [1.54, 1.807) is 6.08 Å².